The van der Waals surface area contributed by atoms with Crippen molar-refractivity contribution in [2.75, 3.05) is 133 Å². The maximum Gasteiger partial charge on any atom is 0.355 e. The molecule has 8 aliphatic rings. The molecule has 27 nitrogen and oxygen atoms in total. The Kier molecular flexibility index (Phi) is 32.3. The first-order chi connectivity index (χ1) is 68.4. The molecule has 4 aromatic heterocycles. The van der Waals surface area contributed by atoms with Crippen LogP contribution in [0.1, 0.15) is 232 Å². The average molecular weight is 1890 g/mol. The Morgan fingerprint density at radius 1 is 0.293 bits per heavy atom. The van der Waals surface area contributed by atoms with Gasteiger partial charge in [0.05, 0.1) is 34.8 Å². The van der Waals surface area contributed by atoms with E-state index in [0.717, 1.165) is 153 Å². The van der Waals surface area contributed by atoms with Crippen molar-refractivity contribution in [3.8, 4) is 67.5 Å². The number of esters is 1. The molecule has 12 aromatic rings. The molecule has 3 aliphatic carbocycles. The van der Waals surface area contributed by atoms with Gasteiger partial charge in [0.2, 0.25) is 5.78 Å². The number of rotatable bonds is 28. The van der Waals surface area contributed by atoms with E-state index in [1.807, 2.05) is 128 Å². The second kappa shape index (κ2) is 46.7. The van der Waals surface area contributed by atoms with Gasteiger partial charge in [0.25, 0.3) is 23.6 Å². The molecule has 0 saturated carbocycles. The molecule has 0 radical (unpaired) electrons. The number of H-pyrrole nitrogens is 4. The lowest BCUT2D eigenvalue weighted by atomic mass is 9.86. The Hall–Kier alpha value is -14.6. The normalized spacial score (nSPS) is 16.1. The minimum absolute atomic E-state index is 0.0622. The van der Waals surface area contributed by atoms with Crippen LogP contribution in [0.4, 0.5) is 22.7 Å². The highest BCUT2D eigenvalue weighted by atomic mass is 16.5. The van der Waals surface area contributed by atoms with Crippen LogP contribution in [0.3, 0.4) is 0 Å². The standard InChI is InChI=1S/C30H31N3O4.C28H29N3O4.C28H31N3O3.C27H29N3O4/c1-19-20(2)29(35)27-26(28(19)34)24(18-31-27)23-8-4-5-9-25(23)32-30(36)21-10-12-22(13-11-21)37-17-16-33-14-6-3-7-15-33;32-24-12-13-25(33)27-26(24)22(18-29-27)21-6-2-3-7-23(21)30-28(34)19-8-10-20(11-9-19)35-17-16-31-14-4-1-5-15-31;32-26-10-6-8-23-24(19-29-27(23)26)22-7-2-3-9-25(22)30-28(33)20-11-13-21(14-12-20)34-18-17-31-15-4-1-5-16-31;31-26(19-8-10-20(11-9-19)33-17-15-30-13-4-1-5-14-30)29-24-7-3-2-6-21(24)23-18-28-25-22(23)12-16-34-27(25)32/h4-5,8-13,18,31H,3,6-7,14-17H2,1-2H3,(H,32,36);2-3,6-11,18,29H,1,4-5,12-17H2,(H,30,34);2-3,7,9,11-14,19,29H,1,4-6,8,10,15-18H2,(H,30,33);2-3,6-11,18,28H,1,4-5,12-17H2,(H,29,31). The van der Waals surface area contributed by atoms with E-state index < -0.39 is 0 Å². The summed E-state index contributed by atoms with van der Waals surface area (Å²) < 4.78 is 28.6. The summed E-state index contributed by atoms with van der Waals surface area (Å²) in [6.45, 7) is 19.1. The first kappa shape index (κ1) is 97.0. The van der Waals surface area contributed by atoms with E-state index in [1.54, 1.807) is 105 Å². The molecule has 5 aliphatic heterocycles. The number of anilines is 4. The molecular formula is C113H120N12O15. The maximum absolute atomic E-state index is 13.1. The van der Waals surface area contributed by atoms with Gasteiger partial charge in [-0.05, 0) is 263 Å². The van der Waals surface area contributed by atoms with Crippen LogP contribution in [0, 0.1) is 0 Å². The predicted octanol–water partition coefficient (Wildman–Crippen LogP) is 20.3. The van der Waals surface area contributed by atoms with Gasteiger partial charge >= 0.3 is 5.97 Å². The number of ether oxygens (including phenoxy) is 5. The fourth-order valence-corrected chi connectivity index (χ4v) is 19.4. The van der Waals surface area contributed by atoms with Gasteiger partial charge in [-0.2, -0.15) is 0 Å². The van der Waals surface area contributed by atoms with Crippen molar-refractivity contribution in [1.29, 1.82) is 0 Å². The van der Waals surface area contributed by atoms with Crippen LogP contribution >= 0.6 is 0 Å². The number of allylic oxidation sites excluding steroid dienone is 2. The Balaban J connectivity index is 0.000000129. The highest BCUT2D eigenvalue weighted by Gasteiger charge is 2.35. The molecule has 9 heterocycles. The lowest BCUT2D eigenvalue weighted by Gasteiger charge is -2.26. The average Bonchev–Trinajstić information content (AvgIpc) is 1.58. The lowest BCUT2D eigenvalue weighted by molar-refractivity contribution is 0.0473. The molecule has 27 heteroatoms. The Morgan fingerprint density at radius 2 is 0.593 bits per heavy atom. The smallest absolute Gasteiger partial charge is 0.355 e. The number of carbonyl (C=O) groups is 10. The second-order valence-corrected chi connectivity index (χ2v) is 36.5. The second-order valence-electron chi connectivity index (χ2n) is 36.5. The molecule has 8 N–H and O–H groups in total. The van der Waals surface area contributed by atoms with Gasteiger partial charge in [-0.1, -0.05) is 98.5 Å². The number of nitrogens with zero attached hydrogens (tertiary/aromatic N) is 4. The van der Waals surface area contributed by atoms with Crippen LogP contribution < -0.4 is 40.2 Å². The van der Waals surface area contributed by atoms with Crippen molar-refractivity contribution in [3.05, 3.63) is 297 Å². The van der Waals surface area contributed by atoms with E-state index >= 15 is 0 Å². The number of para-hydroxylation sites is 4. The number of Topliss-reactive ketones (excluding diaryl/α,β-unsaturated/α-hetero) is 5. The SMILES string of the molecule is CC1=C(C)C(=O)c2c(-c3ccccc3NC(=O)c3ccc(OCCN4CCCCC4)cc3)c[nH]c2C1=O.O=C(Nc1ccccc1-c1c[nH]c2c1C(=O)CCC2=O)c1ccc(OCCN2CCCCC2)cc1.O=C(Nc1ccccc1-c1c[nH]c2c1CCCC2=O)c1ccc(OCCN2CCCCC2)cc1.O=C(Nc1ccccc1-c1c[nH]c2c1CCOC2=O)c1ccc(OCCN2CCCCC2)cc1. The van der Waals surface area contributed by atoms with Crippen LogP contribution in [0.5, 0.6) is 23.0 Å². The molecular weight excluding hydrogens is 1770 g/mol. The van der Waals surface area contributed by atoms with Crippen LogP contribution in [-0.2, 0) is 17.6 Å². The summed E-state index contributed by atoms with van der Waals surface area (Å²) in [5, 5.41) is 12.0. The Morgan fingerprint density at radius 3 is 0.971 bits per heavy atom. The van der Waals surface area contributed by atoms with E-state index in [9.17, 15) is 47.9 Å². The van der Waals surface area contributed by atoms with E-state index in [4.69, 9.17) is 23.7 Å². The number of hydrogen-bond donors (Lipinski definition) is 8. The third kappa shape index (κ3) is 23.8. The lowest BCUT2D eigenvalue weighted by Crippen LogP contribution is -2.33. The summed E-state index contributed by atoms with van der Waals surface area (Å²) in [7, 11) is 0. The first-order valence-corrected chi connectivity index (χ1v) is 49.2. The number of carbonyl (C=O) groups excluding carboxylic acids is 10. The topological polar surface area (TPSA) is 341 Å². The number of aromatic nitrogens is 4. The number of aromatic amines is 4. The van der Waals surface area contributed by atoms with Crippen molar-refractivity contribution in [2.24, 2.45) is 0 Å². The zero-order valence-corrected chi connectivity index (χ0v) is 79.4. The van der Waals surface area contributed by atoms with Gasteiger partial charge in [0, 0.05) is 177 Å². The molecule has 4 amide bonds. The minimum Gasteiger partial charge on any atom is -0.492 e. The summed E-state index contributed by atoms with van der Waals surface area (Å²) in [4.78, 5) is 149. The van der Waals surface area contributed by atoms with Crippen molar-refractivity contribution in [2.45, 2.75) is 129 Å². The molecule has 20 rings (SSSR count). The largest absolute Gasteiger partial charge is 0.492 e. The van der Waals surface area contributed by atoms with Gasteiger partial charge in [0.1, 0.15) is 55.1 Å². The molecule has 4 fully saturated rings. The van der Waals surface area contributed by atoms with E-state index in [-0.39, 0.29) is 71.4 Å². The van der Waals surface area contributed by atoms with Crippen molar-refractivity contribution in [1.82, 2.24) is 39.5 Å². The Bertz CT molecular complexity index is 6310. The summed E-state index contributed by atoms with van der Waals surface area (Å²) in [6.07, 6.45) is 25.8. The highest BCUT2D eigenvalue weighted by molar-refractivity contribution is 6.28. The molecule has 140 heavy (non-hydrogen) atoms. The molecule has 0 unspecified atom stereocenters. The third-order valence-electron chi connectivity index (χ3n) is 27.3. The number of benzene rings is 8. The van der Waals surface area contributed by atoms with Gasteiger partial charge in [-0.25, -0.2) is 4.79 Å². The quantitative estimate of drug-likeness (QED) is 0.0211. The van der Waals surface area contributed by atoms with Crippen molar-refractivity contribution >= 4 is 81.3 Å². The number of likely N-dealkylation sites (tertiary alicyclic amines) is 4. The number of amides is 4. The zero-order chi connectivity index (χ0) is 96.8. The number of piperidine rings is 4. The first-order valence-electron chi connectivity index (χ1n) is 49.2. The van der Waals surface area contributed by atoms with E-state index in [0.29, 0.717) is 152 Å². The van der Waals surface area contributed by atoms with E-state index in [2.05, 4.69) is 60.8 Å². The zero-order valence-electron chi connectivity index (χ0n) is 79.4. The summed E-state index contributed by atoms with van der Waals surface area (Å²) in [6, 6.07) is 58.7. The summed E-state index contributed by atoms with van der Waals surface area (Å²) >= 11 is 0. The number of ketones is 5. The molecule has 0 atom stereocenters. The summed E-state index contributed by atoms with van der Waals surface area (Å²) in [5.41, 5.74) is 16.4. The molecule has 0 spiro atoms. The fraction of sp³-hybridized carbons (Fsp3) is 0.327. The monoisotopic (exact) mass is 1880 g/mol. The third-order valence-corrected chi connectivity index (χ3v) is 27.3. The molecule has 4 saturated heterocycles. The summed E-state index contributed by atoms with van der Waals surface area (Å²) in [5.74, 6) is 1.43. The van der Waals surface area contributed by atoms with Gasteiger partial charge in [-0.15, -0.1) is 0 Å². The van der Waals surface area contributed by atoms with Crippen LogP contribution in [0.2, 0.25) is 0 Å². The highest BCUT2D eigenvalue weighted by Crippen LogP contribution is 2.42. The van der Waals surface area contributed by atoms with Crippen LogP contribution in [0.15, 0.2) is 230 Å². The predicted molar refractivity (Wildman–Crippen MR) is 542 cm³/mol. The number of cyclic esters (lactones) is 1. The fourth-order valence-electron chi connectivity index (χ4n) is 19.4. The van der Waals surface area contributed by atoms with Crippen molar-refractivity contribution in [3.63, 3.8) is 0 Å². The van der Waals surface area contributed by atoms with Crippen LogP contribution in [0.25, 0.3) is 44.5 Å². The van der Waals surface area contributed by atoms with Crippen molar-refractivity contribution < 1.29 is 71.6 Å². The number of nitrogens with one attached hydrogen (secondary N) is 8. The molecule has 722 valence electrons. The molecule has 8 aromatic carbocycles. The Labute approximate surface area is 814 Å². The minimum atomic E-state index is -0.341. The van der Waals surface area contributed by atoms with Gasteiger partial charge < -0.3 is 64.9 Å². The van der Waals surface area contributed by atoms with Gasteiger partial charge in [0.15, 0.2) is 23.1 Å². The molecule has 0 bridgehead atoms. The van der Waals surface area contributed by atoms with Gasteiger partial charge in [-0.3, -0.25) is 62.8 Å². The maximum atomic E-state index is 13.1. The number of hydrogen-bond acceptors (Lipinski definition) is 19. The van der Waals surface area contributed by atoms with Crippen LogP contribution in [-0.4, -0.2) is 210 Å². The number of fused-ring (bicyclic) bond motifs is 4. The van der Waals surface area contributed by atoms with E-state index in [1.165, 1.54) is 77.0 Å².